The van der Waals surface area contributed by atoms with Crippen LogP contribution in [0.3, 0.4) is 0 Å². The molecule has 3 aromatic rings. The van der Waals surface area contributed by atoms with Gasteiger partial charge in [-0.25, -0.2) is 9.97 Å². The van der Waals surface area contributed by atoms with Gasteiger partial charge in [-0.15, -0.1) is 0 Å². The van der Waals surface area contributed by atoms with Crippen molar-refractivity contribution >= 4 is 28.1 Å². The lowest BCUT2D eigenvalue weighted by Gasteiger charge is -2.08. The number of nitro groups is 1. The maximum Gasteiger partial charge on any atom is 0.278 e. The van der Waals surface area contributed by atoms with E-state index in [0.29, 0.717) is 34.8 Å². The van der Waals surface area contributed by atoms with Gasteiger partial charge in [0, 0.05) is 18.5 Å². The van der Waals surface area contributed by atoms with Gasteiger partial charge < -0.3 is 11.1 Å². The van der Waals surface area contributed by atoms with Crippen molar-refractivity contribution in [2.45, 2.75) is 6.54 Å². The molecular weight excluding hydrogens is 284 g/mol. The first-order valence-electron chi connectivity index (χ1n) is 6.48. The Morgan fingerprint density at radius 2 is 2.05 bits per heavy atom. The van der Waals surface area contributed by atoms with E-state index < -0.39 is 4.92 Å². The summed E-state index contributed by atoms with van der Waals surface area (Å²) in [6.45, 7) is 0.342. The molecule has 0 bridgehead atoms. The van der Waals surface area contributed by atoms with Gasteiger partial charge in [-0.2, -0.15) is 0 Å². The quantitative estimate of drug-likeness (QED) is 0.558. The third-order valence-corrected chi connectivity index (χ3v) is 3.11. The zero-order valence-corrected chi connectivity index (χ0v) is 11.4. The number of fused-ring (bicyclic) bond motifs is 1. The summed E-state index contributed by atoms with van der Waals surface area (Å²) in [7, 11) is 0. The zero-order chi connectivity index (χ0) is 15.5. The second-order valence-corrected chi connectivity index (χ2v) is 4.54. The number of nitrogens with zero attached hydrogens (tertiary/aromatic N) is 4. The number of hydrogen-bond donors (Lipinski definition) is 2. The van der Waals surface area contributed by atoms with E-state index in [-0.39, 0.29) is 5.69 Å². The number of non-ortho nitro benzene ring substituents is 1. The minimum atomic E-state index is -0.422. The molecule has 0 spiro atoms. The van der Waals surface area contributed by atoms with Crippen LogP contribution in [0.1, 0.15) is 5.82 Å². The van der Waals surface area contributed by atoms with Gasteiger partial charge in [-0.1, -0.05) is 0 Å². The van der Waals surface area contributed by atoms with Crippen molar-refractivity contribution < 1.29 is 4.92 Å². The number of nitro benzene ring substituents is 1. The van der Waals surface area contributed by atoms with Gasteiger partial charge in [0.15, 0.2) is 0 Å². The topological polar surface area (TPSA) is 120 Å². The maximum absolute atomic E-state index is 11.1. The van der Waals surface area contributed by atoms with E-state index in [1.807, 2.05) is 0 Å². The molecule has 2 aromatic heterocycles. The highest BCUT2D eigenvalue weighted by atomic mass is 16.6. The zero-order valence-electron chi connectivity index (χ0n) is 11.4. The number of nitrogens with one attached hydrogen (secondary N) is 1. The Balaban J connectivity index is 1.95. The molecule has 0 unspecified atom stereocenters. The first kappa shape index (κ1) is 13.7. The third-order valence-electron chi connectivity index (χ3n) is 3.11. The molecule has 0 atom stereocenters. The fourth-order valence-electron chi connectivity index (χ4n) is 2.13. The Kier molecular flexibility index (Phi) is 3.48. The lowest BCUT2D eigenvalue weighted by Crippen LogP contribution is -2.06. The van der Waals surface area contributed by atoms with Crippen LogP contribution in [0.5, 0.6) is 0 Å². The van der Waals surface area contributed by atoms with Crippen LogP contribution in [0.15, 0.2) is 42.7 Å². The molecule has 0 fully saturated rings. The standard InChI is InChI=1S/C14H12N6O2/c15-12-5-7-16-13(19-12)8-18-10-3-4-11(20(21)22)9-2-1-6-17-14(9)10/h1-7,18H,8H2,(H2,15,16,19). The van der Waals surface area contributed by atoms with E-state index in [2.05, 4.69) is 20.3 Å². The van der Waals surface area contributed by atoms with Crippen molar-refractivity contribution in [3.8, 4) is 0 Å². The average molecular weight is 296 g/mol. The largest absolute Gasteiger partial charge is 0.384 e. The summed E-state index contributed by atoms with van der Waals surface area (Å²) in [5.74, 6) is 0.918. The van der Waals surface area contributed by atoms with Crippen molar-refractivity contribution in [2.75, 3.05) is 11.1 Å². The monoisotopic (exact) mass is 296 g/mol. The highest BCUT2D eigenvalue weighted by Gasteiger charge is 2.14. The number of anilines is 2. The van der Waals surface area contributed by atoms with E-state index >= 15 is 0 Å². The Labute approximate surface area is 125 Å². The summed E-state index contributed by atoms with van der Waals surface area (Å²) in [5.41, 5.74) is 6.83. The van der Waals surface area contributed by atoms with Gasteiger partial charge in [-0.3, -0.25) is 15.1 Å². The Morgan fingerprint density at radius 3 is 2.82 bits per heavy atom. The Morgan fingerprint density at radius 1 is 1.18 bits per heavy atom. The average Bonchev–Trinajstić information content (AvgIpc) is 2.52. The summed E-state index contributed by atoms with van der Waals surface area (Å²) in [5, 5.41) is 14.7. The molecule has 0 saturated carbocycles. The fourth-order valence-corrected chi connectivity index (χ4v) is 2.13. The van der Waals surface area contributed by atoms with Crippen molar-refractivity contribution in [2.24, 2.45) is 0 Å². The van der Waals surface area contributed by atoms with Crippen LogP contribution in [-0.2, 0) is 6.54 Å². The fraction of sp³-hybridized carbons (Fsp3) is 0.0714. The molecule has 0 saturated heterocycles. The van der Waals surface area contributed by atoms with Crippen molar-refractivity contribution in [3.05, 3.63) is 58.7 Å². The van der Waals surface area contributed by atoms with E-state index in [1.54, 1.807) is 36.7 Å². The molecule has 8 nitrogen and oxygen atoms in total. The van der Waals surface area contributed by atoms with Crippen LogP contribution in [0.2, 0.25) is 0 Å². The van der Waals surface area contributed by atoms with Gasteiger partial charge in [0.1, 0.15) is 17.2 Å². The number of benzene rings is 1. The van der Waals surface area contributed by atoms with Crippen molar-refractivity contribution in [1.82, 2.24) is 15.0 Å². The summed E-state index contributed by atoms with van der Waals surface area (Å²) < 4.78 is 0. The number of rotatable bonds is 4. The second kappa shape index (κ2) is 5.60. The van der Waals surface area contributed by atoms with Gasteiger partial charge in [0.05, 0.1) is 22.5 Å². The van der Waals surface area contributed by atoms with Crippen LogP contribution in [0, 0.1) is 10.1 Å². The van der Waals surface area contributed by atoms with Crippen molar-refractivity contribution in [1.29, 1.82) is 0 Å². The summed E-state index contributed by atoms with van der Waals surface area (Å²) in [4.78, 5) is 23.1. The maximum atomic E-state index is 11.1. The van der Waals surface area contributed by atoms with Crippen molar-refractivity contribution in [3.63, 3.8) is 0 Å². The molecule has 110 valence electrons. The second-order valence-electron chi connectivity index (χ2n) is 4.54. The predicted molar refractivity (Wildman–Crippen MR) is 82.2 cm³/mol. The lowest BCUT2D eigenvalue weighted by molar-refractivity contribution is -0.383. The van der Waals surface area contributed by atoms with Crippen LogP contribution in [0.25, 0.3) is 10.9 Å². The number of nitrogen functional groups attached to an aromatic ring is 1. The molecule has 0 radical (unpaired) electrons. The normalized spacial score (nSPS) is 10.5. The summed E-state index contributed by atoms with van der Waals surface area (Å²) in [6.07, 6.45) is 3.17. The van der Waals surface area contributed by atoms with Gasteiger partial charge in [0.25, 0.3) is 5.69 Å². The summed E-state index contributed by atoms with van der Waals surface area (Å²) >= 11 is 0. The molecular formula is C14H12N6O2. The number of hydrogen-bond acceptors (Lipinski definition) is 7. The third kappa shape index (κ3) is 2.62. The summed E-state index contributed by atoms with van der Waals surface area (Å²) in [6, 6.07) is 8.02. The SMILES string of the molecule is Nc1ccnc(CNc2ccc([N+](=O)[O-])c3cccnc23)n1. The minimum absolute atomic E-state index is 0.0221. The highest BCUT2D eigenvalue weighted by Crippen LogP contribution is 2.29. The molecule has 3 N–H and O–H groups in total. The highest BCUT2D eigenvalue weighted by molar-refractivity contribution is 5.96. The van der Waals surface area contributed by atoms with Crippen LogP contribution < -0.4 is 11.1 Å². The number of nitrogens with two attached hydrogens (primary N) is 1. The molecule has 2 heterocycles. The van der Waals surface area contributed by atoms with Gasteiger partial charge in [-0.05, 0) is 24.3 Å². The van der Waals surface area contributed by atoms with E-state index in [1.165, 1.54) is 6.07 Å². The smallest absolute Gasteiger partial charge is 0.278 e. The predicted octanol–water partition coefficient (Wildman–Crippen LogP) is 2.13. The molecule has 3 rings (SSSR count). The minimum Gasteiger partial charge on any atom is -0.384 e. The first-order chi connectivity index (χ1) is 10.6. The van der Waals surface area contributed by atoms with Crippen LogP contribution in [-0.4, -0.2) is 19.9 Å². The van der Waals surface area contributed by atoms with E-state index in [4.69, 9.17) is 5.73 Å². The van der Waals surface area contributed by atoms with Gasteiger partial charge >= 0.3 is 0 Å². The first-order valence-corrected chi connectivity index (χ1v) is 6.48. The number of pyridine rings is 1. The Bertz CT molecular complexity index is 852. The van der Waals surface area contributed by atoms with E-state index in [0.717, 1.165) is 0 Å². The van der Waals surface area contributed by atoms with Crippen LogP contribution in [0.4, 0.5) is 17.2 Å². The molecule has 22 heavy (non-hydrogen) atoms. The van der Waals surface area contributed by atoms with Gasteiger partial charge in [0.2, 0.25) is 0 Å². The molecule has 0 aliphatic rings. The Hall–Kier alpha value is -3.29. The molecule has 1 aromatic carbocycles. The molecule has 0 amide bonds. The van der Waals surface area contributed by atoms with E-state index in [9.17, 15) is 10.1 Å². The number of aromatic nitrogens is 3. The van der Waals surface area contributed by atoms with Crippen LogP contribution >= 0.6 is 0 Å². The molecule has 8 heteroatoms. The lowest BCUT2D eigenvalue weighted by atomic mass is 10.1. The molecule has 0 aliphatic carbocycles. The molecule has 0 aliphatic heterocycles.